The molecule has 0 spiro atoms. The third-order valence-electron chi connectivity index (χ3n) is 14.9. The Labute approximate surface area is 548 Å². The van der Waals surface area contributed by atoms with Crippen molar-refractivity contribution in [3.63, 3.8) is 0 Å². The Hall–Kier alpha value is -7.44. The van der Waals surface area contributed by atoms with Crippen molar-refractivity contribution in [3.05, 3.63) is 364 Å². The summed E-state index contributed by atoms with van der Waals surface area (Å²) in [7, 11) is -32.7. The summed E-state index contributed by atoms with van der Waals surface area (Å²) in [6.07, 6.45) is 0. The summed E-state index contributed by atoms with van der Waals surface area (Å²) in [4.78, 5) is 38.4. The summed E-state index contributed by atoms with van der Waals surface area (Å²) in [6, 6.07) is 131. The summed E-state index contributed by atoms with van der Waals surface area (Å²) >= 11 is 0. The van der Waals surface area contributed by atoms with E-state index < -0.39 is 60.2 Å². The normalized spacial score (nSPS) is 19.0. The number of hydrogen-bond acceptors (Lipinski definition) is 12. The van der Waals surface area contributed by atoms with Gasteiger partial charge in [-0.2, -0.15) is 0 Å². The maximum absolute atomic E-state index is 10.7. The van der Waals surface area contributed by atoms with E-state index in [-0.39, 0.29) is 0 Å². The van der Waals surface area contributed by atoms with Crippen LogP contribution in [0.2, 0.25) is 0 Å². The van der Waals surface area contributed by atoms with E-state index in [1.165, 1.54) is 63.7 Å². The highest BCUT2D eigenvalue weighted by Crippen LogP contribution is 2.76. The lowest BCUT2D eigenvalue weighted by Crippen LogP contribution is -2.32. The molecule has 0 radical (unpaired) electrons. The lowest BCUT2D eigenvalue weighted by atomic mass is 10.4. The van der Waals surface area contributed by atoms with E-state index in [0.717, 1.165) is 0 Å². The van der Waals surface area contributed by atoms with Gasteiger partial charge in [-0.05, 0) is 72.8 Å². The Morgan fingerprint density at radius 1 is 0.245 bits per heavy atom. The predicted molar refractivity (Wildman–Crippen MR) is 385 cm³/mol. The van der Waals surface area contributed by atoms with Gasteiger partial charge < -0.3 is 19.6 Å². The first kappa shape index (κ1) is 68.0. The molecule has 22 heteroatoms. The van der Waals surface area contributed by atoms with E-state index in [4.69, 9.17) is 18.8 Å². The van der Waals surface area contributed by atoms with Gasteiger partial charge in [-0.3, -0.25) is 9.13 Å². The molecule has 12 aromatic carbocycles. The van der Waals surface area contributed by atoms with Gasteiger partial charge in [-0.1, -0.05) is 291 Å². The average molecular weight is 1400 g/mol. The second-order valence-electron chi connectivity index (χ2n) is 20.9. The Morgan fingerprint density at radius 3 is 0.511 bits per heavy atom. The molecule has 1 fully saturated rings. The van der Waals surface area contributed by atoms with Gasteiger partial charge in [0, 0.05) is 31.8 Å². The number of nitrogens with zero attached hydrogens (tertiary/aromatic N) is 2. The zero-order valence-corrected chi connectivity index (χ0v) is 57.2. The quantitative estimate of drug-likeness (QED) is 0.0972. The Morgan fingerprint density at radius 2 is 0.372 bits per heavy atom. The molecule has 0 atom stereocenters. The van der Waals surface area contributed by atoms with E-state index in [0.29, 0.717) is 0 Å². The average Bonchev–Trinajstić information content (AvgIpc) is 0.727. The van der Waals surface area contributed by atoms with Crippen LogP contribution in [-0.4, -0.2) is 9.79 Å². The van der Waals surface area contributed by atoms with Gasteiger partial charge in [0.15, 0.2) is 0 Å². The van der Waals surface area contributed by atoms with Crippen molar-refractivity contribution < 1.29 is 55.1 Å². The monoisotopic (exact) mass is 1390 g/mol. The maximum Gasteiger partial charge on any atom is 0.485 e. The standard InChI is InChI=1S/2C36H30NP2.H4O12P4/c2*1-7-19-31(20-8-1)38(32-21-9-2-10-22-32,33-23-11-3-12-24-33)37-39(34-25-13-4-14-26-34,35-27-15-5-16-28-35)36-29-17-6-18-30-36;1-13(2)9-14(3,4)11-16(7,8)12-15(5,6)10-13/h2*1-30H;(H,1,2)(H,3,4)(H,5,6)(H,7,8)/q2*+1;/p-2. The SMILES string of the molecule is O=P1([O-])OP(=O)(O)OP(=O)([O-])OP(=O)(O)O1.c1ccc(P(=N[P+](c2ccccc2)(c2ccccc2)c2ccccc2)(c2ccccc2)c2ccccc2)cc1.c1ccc(P(=N[P+](c2ccccc2)(c2ccccc2)c2ccccc2)(c2ccccc2)c2ccccc2)cc1. The van der Waals surface area contributed by atoms with Gasteiger partial charge in [0.2, 0.25) is 14.8 Å². The summed E-state index contributed by atoms with van der Waals surface area (Å²) in [5.74, 6) is 0. The highest BCUT2D eigenvalue weighted by molar-refractivity contribution is 8.02. The number of phosphoric acid groups is 4. The molecule has 0 aliphatic carbocycles. The molecule has 472 valence electrons. The van der Waals surface area contributed by atoms with Gasteiger partial charge in [-0.15, -0.1) is 9.03 Å². The van der Waals surface area contributed by atoms with Gasteiger partial charge in [0.05, 0.1) is 0 Å². The smallest absolute Gasteiger partial charge is 0.485 e. The molecule has 0 saturated carbocycles. The van der Waals surface area contributed by atoms with Crippen LogP contribution in [0.25, 0.3) is 0 Å². The third-order valence-corrected chi connectivity index (χ3v) is 38.2. The first-order chi connectivity index (χ1) is 45.5. The largest absolute Gasteiger partial charge is 0.756 e. The molecule has 2 N–H and O–H groups in total. The lowest BCUT2D eigenvalue weighted by molar-refractivity contribution is -0.219. The van der Waals surface area contributed by atoms with E-state index in [9.17, 15) is 28.0 Å². The van der Waals surface area contributed by atoms with Gasteiger partial charge in [0.25, 0.3) is 15.6 Å². The van der Waals surface area contributed by atoms with Crippen LogP contribution in [-0.2, 0) is 35.5 Å². The van der Waals surface area contributed by atoms with Crippen LogP contribution in [0.3, 0.4) is 0 Å². The fourth-order valence-electron chi connectivity index (χ4n) is 11.1. The fraction of sp³-hybridized carbons (Fsp3) is 0. The van der Waals surface area contributed by atoms with Crippen molar-refractivity contribution >= 4 is 124 Å². The molecule has 0 bridgehead atoms. The fourth-order valence-corrected chi connectivity index (χ4v) is 35.7. The van der Waals surface area contributed by atoms with Crippen LogP contribution in [0.1, 0.15) is 0 Å². The minimum atomic E-state index is -5.74. The van der Waals surface area contributed by atoms with Crippen molar-refractivity contribution in [1.82, 2.24) is 0 Å². The highest BCUT2D eigenvalue weighted by Gasteiger charge is 2.52. The minimum Gasteiger partial charge on any atom is -0.756 e. The number of hydrogen-bond donors (Lipinski definition) is 2. The molecule has 1 heterocycles. The van der Waals surface area contributed by atoms with Gasteiger partial charge in [-0.25, -0.2) is 26.4 Å². The van der Waals surface area contributed by atoms with Crippen LogP contribution in [0, 0.1) is 0 Å². The zero-order valence-electron chi connectivity index (χ0n) is 50.1. The molecule has 0 unspecified atom stereocenters. The Kier molecular flexibility index (Phi) is 21.8. The van der Waals surface area contributed by atoms with Gasteiger partial charge >= 0.3 is 15.6 Å². The molecular weight excluding hydrogens is 1330 g/mol. The summed E-state index contributed by atoms with van der Waals surface area (Å²) < 4.78 is 68.3. The molecule has 12 aromatic rings. The molecular formula is C72H62N2O12P8. The van der Waals surface area contributed by atoms with E-state index >= 15 is 0 Å². The molecule has 0 aromatic heterocycles. The summed E-state index contributed by atoms with van der Waals surface area (Å²) in [5.41, 5.74) is 0. The first-order valence-corrected chi connectivity index (χ1v) is 42.2. The first-order valence-electron chi connectivity index (χ1n) is 29.4. The van der Waals surface area contributed by atoms with Crippen LogP contribution in [0.5, 0.6) is 0 Å². The van der Waals surface area contributed by atoms with Crippen LogP contribution in [0.4, 0.5) is 0 Å². The van der Waals surface area contributed by atoms with E-state index in [2.05, 4.69) is 381 Å². The third kappa shape index (κ3) is 15.3. The lowest BCUT2D eigenvalue weighted by Gasteiger charge is -2.33. The molecule has 0 amide bonds. The second-order valence-corrected chi connectivity index (χ2v) is 39.9. The Bertz CT molecular complexity index is 3980. The Balaban J connectivity index is 0.000000156. The van der Waals surface area contributed by atoms with Gasteiger partial charge in [0.1, 0.15) is 45.9 Å². The number of rotatable bonds is 14. The van der Waals surface area contributed by atoms with Crippen molar-refractivity contribution in [2.45, 2.75) is 0 Å². The summed E-state index contributed by atoms with van der Waals surface area (Å²) in [6.45, 7) is 0. The van der Waals surface area contributed by atoms with Crippen molar-refractivity contribution in [2.75, 3.05) is 0 Å². The highest BCUT2D eigenvalue weighted by atomic mass is 31.3. The molecule has 1 aliphatic rings. The summed E-state index contributed by atoms with van der Waals surface area (Å²) in [5, 5.41) is 15.1. The zero-order chi connectivity index (χ0) is 65.6. The topological polar surface area (TPSA) is 216 Å². The molecule has 94 heavy (non-hydrogen) atoms. The second kappa shape index (κ2) is 30.1. The predicted octanol–water partition coefficient (Wildman–Crippen LogP) is 13.4. The van der Waals surface area contributed by atoms with Crippen LogP contribution in [0.15, 0.2) is 373 Å². The molecule has 1 saturated heterocycles. The van der Waals surface area contributed by atoms with Crippen molar-refractivity contribution in [2.24, 2.45) is 9.03 Å². The van der Waals surface area contributed by atoms with Crippen LogP contribution < -0.4 is 73.4 Å². The van der Waals surface area contributed by atoms with Crippen molar-refractivity contribution in [1.29, 1.82) is 0 Å². The van der Waals surface area contributed by atoms with Crippen molar-refractivity contribution in [3.8, 4) is 0 Å². The molecule has 14 nitrogen and oxygen atoms in total. The number of benzene rings is 12. The minimum absolute atomic E-state index is 1.26. The molecule has 1 aliphatic heterocycles. The molecule has 13 rings (SSSR count). The van der Waals surface area contributed by atoms with Crippen LogP contribution >= 0.6 is 60.2 Å². The van der Waals surface area contributed by atoms with E-state index in [1.54, 1.807) is 0 Å². The maximum atomic E-state index is 10.7. The van der Waals surface area contributed by atoms with E-state index in [1.807, 2.05) is 0 Å².